The van der Waals surface area contributed by atoms with E-state index in [-0.39, 0.29) is 12.0 Å². The molecule has 1 saturated heterocycles. The smallest absolute Gasteiger partial charge is 0.340 e. The van der Waals surface area contributed by atoms with E-state index in [0.717, 1.165) is 35.5 Å². The van der Waals surface area contributed by atoms with Gasteiger partial charge >= 0.3 is 5.97 Å². The van der Waals surface area contributed by atoms with Crippen molar-refractivity contribution in [3.8, 4) is 5.69 Å². The van der Waals surface area contributed by atoms with Crippen LogP contribution in [0.3, 0.4) is 0 Å². The second-order valence-electron chi connectivity index (χ2n) is 9.01. The first-order chi connectivity index (χ1) is 15.7. The fourth-order valence-electron chi connectivity index (χ4n) is 4.86. The third-order valence-corrected chi connectivity index (χ3v) is 6.69. The van der Waals surface area contributed by atoms with Crippen LogP contribution in [0, 0.1) is 27.7 Å². The molecule has 1 fully saturated rings. The topological polar surface area (TPSA) is 60.8 Å². The monoisotopic (exact) mass is 448 g/mol. The van der Waals surface area contributed by atoms with Gasteiger partial charge in [-0.25, -0.2) is 4.79 Å². The second-order valence-corrected chi connectivity index (χ2v) is 9.01. The standard InChI is InChI=1S/C27H32N2O4/c1-16-9-10-17(2)24(12-16)29-18(3)13-21(19(29)4)14-23-25(27(31)32-6)20(5)28(26(23)30)15-22-8-7-11-33-22/h9-10,12-14,22H,7-8,11,15H2,1-6H3/b23-14-/t22-/m0/s1. The van der Waals surface area contributed by atoms with Gasteiger partial charge < -0.3 is 18.9 Å². The average Bonchev–Trinajstić information content (AvgIpc) is 3.45. The fraction of sp³-hybridized carbons (Fsp3) is 0.407. The normalized spacial score (nSPS) is 19.8. The van der Waals surface area contributed by atoms with Crippen LogP contribution in [0.25, 0.3) is 11.8 Å². The van der Waals surface area contributed by atoms with Crippen LogP contribution in [0.4, 0.5) is 0 Å². The molecular weight excluding hydrogens is 416 g/mol. The van der Waals surface area contributed by atoms with Crippen LogP contribution >= 0.6 is 0 Å². The maximum Gasteiger partial charge on any atom is 0.340 e. The number of carbonyl (C=O) groups excluding carboxylic acids is 2. The molecule has 2 aliphatic rings. The summed E-state index contributed by atoms with van der Waals surface area (Å²) in [5.41, 5.74) is 7.79. The van der Waals surface area contributed by atoms with Gasteiger partial charge in [0.05, 0.1) is 30.9 Å². The van der Waals surface area contributed by atoms with Crippen LogP contribution < -0.4 is 0 Å². The number of benzene rings is 1. The highest BCUT2D eigenvalue weighted by Gasteiger charge is 2.38. The minimum absolute atomic E-state index is 0.00323. The van der Waals surface area contributed by atoms with E-state index < -0.39 is 5.97 Å². The molecule has 1 aromatic heterocycles. The number of methoxy groups -OCH3 is 1. The van der Waals surface area contributed by atoms with Crippen molar-refractivity contribution < 1.29 is 19.1 Å². The van der Waals surface area contributed by atoms with E-state index in [1.165, 1.54) is 18.2 Å². The second kappa shape index (κ2) is 9.02. The molecule has 0 bridgehead atoms. The van der Waals surface area contributed by atoms with E-state index in [9.17, 15) is 9.59 Å². The number of nitrogens with zero attached hydrogens (tertiary/aromatic N) is 2. The summed E-state index contributed by atoms with van der Waals surface area (Å²) >= 11 is 0. The largest absolute Gasteiger partial charge is 0.465 e. The van der Waals surface area contributed by atoms with Gasteiger partial charge in [-0.1, -0.05) is 12.1 Å². The molecular formula is C27H32N2O4. The van der Waals surface area contributed by atoms with Crippen molar-refractivity contribution in [3.05, 3.63) is 69.2 Å². The predicted octanol–water partition coefficient (Wildman–Crippen LogP) is 4.56. The number of aromatic nitrogens is 1. The summed E-state index contributed by atoms with van der Waals surface area (Å²) in [4.78, 5) is 27.8. The van der Waals surface area contributed by atoms with E-state index in [2.05, 4.69) is 49.6 Å². The Morgan fingerprint density at radius 3 is 2.61 bits per heavy atom. The lowest BCUT2D eigenvalue weighted by molar-refractivity contribution is -0.136. The summed E-state index contributed by atoms with van der Waals surface area (Å²) in [7, 11) is 1.35. The van der Waals surface area contributed by atoms with E-state index in [1.54, 1.807) is 11.8 Å². The summed E-state index contributed by atoms with van der Waals surface area (Å²) < 4.78 is 13.0. The first-order valence-electron chi connectivity index (χ1n) is 11.4. The van der Waals surface area contributed by atoms with Crippen LogP contribution in [0.15, 0.2) is 41.1 Å². The molecule has 174 valence electrons. The van der Waals surface area contributed by atoms with Gasteiger partial charge in [-0.05, 0) is 82.4 Å². The third-order valence-electron chi connectivity index (χ3n) is 6.69. The van der Waals surface area contributed by atoms with Crippen LogP contribution in [-0.2, 0) is 19.1 Å². The number of aryl methyl sites for hydroxylation is 3. The minimum Gasteiger partial charge on any atom is -0.465 e. The van der Waals surface area contributed by atoms with Crippen LogP contribution in [0.5, 0.6) is 0 Å². The Labute approximate surface area is 195 Å². The van der Waals surface area contributed by atoms with Crippen LogP contribution in [-0.4, -0.2) is 47.7 Å². The van der Waals surface area contributed by atoms with Crippen LogP contribution in [0.2, 0.25) is 0 Å². The van der Waals surface area contributed by atoms with Gasteiger partial charge in [-0.2, -0.15) is 0 Å². The van der Waals surface area contributed by atoms with Crippen molar-refractivity contribution in [3.63, 3.8) is 0 Å². The van der Waals surface area contributed by atoms with Gasteiger partial charge in [0.2, 0.25) is 0 Å². The number of hydrogen-bond donors (Lipinski definition) is 0. The van der Waals surface area contributed by atoms with E-state index in [0.29, 0.717) is 30.0 Å². The first-order valence-corrected chi connectivity index (χ1v) is 11.4. The van der Waals surface area contributed by atoms with Crippen molar-refractivity contribution in [1.29, 1.82) is 0 Å². The Hall–Kier alpha value is -3.12. The van der Waals surface area contributed by atoms with Gasteiger partial charge in [0.1, 0.15) is 0 Å². The molecule has 6 nitrogen and oxygen atoms in total. The summed E-state index contributed by atoms with van der Waals surface area (Å²) in [5.74, 6) is -0.676. The predicted molar refractivity (Wildman–Crippen MR) is 128 cm³/mol. The zero-order valence-corrected chi connectivity index (χ0v) is 20.3. The quantitative estimate of drug-likeness (QED) is 0.497. The first kappa shape index (κ1) is 23.1. The number of rotatable bonds is 5. The van der Waals surface area contributed by atoms with Gasteiger partial charge in [0.15, 0.2) is 0 Å². The number of ether oxygens (including phenoxy) is 2. The van der Waals surface area contributed by atoms with E-state index in [1.807, 2.05) is 13.0 Å². The summed E-state index contributed by atoms with van der Waals surface area (Å²) in [6, 6.07) is 8.45. The van der Waals surface area contributed by atoms with Crippen molar-refractivity contribution in [2.75, 3.05) is 20.3 Å². The summed E-state index contributed by atoms with van der Waals surface area (Å²) in [6.45, 7) is 11.2. The number of carbonyl (C=O) groups is 2. The molecule has 4 rings (SSSR count). The number of esters is 1. The SMILES string of the molecule is COC(=O)C1=C(C)N(C[C@@H]2CCCO2)C(=O)/C1=C\c1cc(C)n(-c2cc(C)ccc2C)c1C. The highest BCUT2D eigenvalue weighted by atomic mass is 16.5. The van der Waals surface area contributed by atoms with Crippen LogP contribution in [0.1, 0.15) is 47.8 Å². The Balaban J connectivity index is 1.78. The van der Waals surface area contributed by atoms with Gasteiger partial charge in [-0.15, -0.1) is 0 Å². The average molecular weight is 449 g/mol. The molecule has 1 aromatic carbocycles. The zero-order chi connectivity index (χ0) is 23.9. The molecule has 3 heterocycles. The molecule has 0 saturated carbocycles. The molecule has 0 N–H and O–H groups in total. The van der Waals surface area contributed by atoms with Gasteiger partial charge in [-0.3, -0.25) is 4.79 Å². The lowest BCUT2D eigenvalue weighted by Gasteiger charge is -2.21. The summed E-state index contributed by atoms with van der Waals surface area (Å²) in [6.07, 6.45) is 3.74. The molecule has 0 radical (unpaired) electrons. The third kappa shape index (κ3) is 4.15. The molecule has 1 atom stereocenters. The number of amides is 1. The fourth-order valence-corrected chi connectivity index (χ4v) is 4.86. The minimum atomic E-state index is -0.495. The molecule has 0 unspecified atom stereocenters. The summed E-state index contributed by atoms with van der Waals surface area (Å²) in [5, 5.41) is 0. The van der Waals surface area contributed by atoms with E-state index >= 15 is 0 Å². The molecule has 0 spiro atoms. The van der Waals surface area contributed by atoms with Crippen molar-refractivity contribution in [2.45, 2.75) is 53.6 Å². The molecule has 0 aliphatic carbocycles. The molecule has 6 heteroatoms. The lowest BCUT2D eigenvalue weighted by Crippen LogP contribution is -2.33. The lowest BCUT2D eigenvalue weighted by atomic mass is 10.0. The van der Waals surface area contributed by atoms with E-state index in [4.69, 9.17) is 9.47 Å². The zero-order valence-electron chi connectivity index (χ0n) is 20.3. The molecule has 33 heavy (non-hydrogen) atoms. The highest BCUT2D eigenvalue weighted by molar-refractivity contribution is 6.16. The van der Waals surface area contributed by atoms with Gasteiger partial charge in [0.25, 0.3) is 5.91 Å². The van der Waals surface area contributed by atoms with Crippen molar-refractivity contribution in [1.82, 2.24) is 9.47 Å². The van der Waals surface area contributed by atoms with Crippen molar-refractivity contribution in [2.24, 2.45) is 0 Å². The Kier molecular flexibility index (Phi) is 6.30. The number of allylic oxidation sites excluding steroid dienone is 1. The Bertz CT molecular complexity index is 1180. The number of hydrogen-bond acceptors (Lipinski definition) is 4. The Morgan fingerprint density at radius 1 is 1.18 bits per heavy atom. The van der Waals surface area contributed by atoms with Crippen molar-refractivity contribution >= 4 is 18.0 Å². The molecule has 2 aliphatic heterocycles. The maximum absolute atomic E-state index is 13.5. The maximum atomic E-state index is 13.5. The highest BCUT2D eigenvalue weighted by Crippen LogP contribution is 2.34. The Morgan fingerprint density at radius 2 is 1.94 bits per heavy atom. The van der Waals surface area contributed by atoms with Gasteiger partial charge in [0, 0.05) is 29.4 Å². The molecule has 2 aromatic rings. The molecule has 1 amide bonds.